The van der Waals surface area contributed by atoms with E-state index >= 15 is 0 Å². The summed E-state index contributed by atoms with van der Waals surface area (Å²) in [7, 11) is 0. The Labute approximate surface area is 113 Å². The number of aliphatic hydroxyl groups excluding tert-OH is 1. The van der Waals surface area contributed by atoms with Gasteiger partial charge >= 0.3 is 6.09 Å². The summed E-state index contributed by atoms with van der Waals surface area (Å²) >= 11 is 0. The van der Waals surface area contributed by atoms with Gasteiger partial charge in [-0.25, -0.2) is 4.79 Å². The Kier molecular flexibility index (Phi) is 7.62. The maximum absolute atomic E-state index is 11.3. The third-order valence-electron chi connectivity index (χ3n) is 2.62. The first-order chi connectivity index (χ1) is 9.18. The summed E-state index contributed by atoms with van der Waals surface area (Å²) in [6.45, 7) is 0.804. The van der Waals surface area contributed by atoms with Crippen LogP contribution in [0.3, 0.4) is 0 Å². The van der Waals surface area contributed by atoms with Gasteiger partial charge in [0.25, 0.3) is 0 Å². The maximum atomic E-state index is 11.3. The van der Waals surface area contributed by atoms with Crippen molar-refractivity contribution in [3.8, 4) is 0 Å². The topological polar surface area (TPSA) is 78.8 Å². The molecule has 0 aliphatic carbocycles. The highest BCUT2D eigenvalue weighted by Crippen LogP contribution is 2.02. The van der Waals surface area contributed by atoms with Crippen LogP contribution >= 0.6 is 0 Å². The average Bonchev–Trinajstić information content (AvgIpc) is 2.41. The Balaban J connectivity index is 1.99. The SMILES string of the molecule is O=C(NCCCCCC(O)O)OCc1ccccc1. The van der Waals surface area contributed by atoms with Crippen LogP contribution in [-0.2, 0) is 11.3 Å². The lowest BCUT2D eigenvalue weighted by atomic mass is 10.2. The first-order valence-electron chi connectivity index (χ1n) is 6.49. The predicted octanol–water partition coefficient (Wildman–Crippen LogP) is 1.78. The summed E-state index contributed by atoms with van der Waals surface area (Å²) in [5.41, 5.74) is 0.953. The molecule has 0 heterocycles. The van der Waals surface area contributed by atoms with E-state index in [1.54, 1.807) is 0 Å². The van der Waals surface area contributed by atoms with Crippen molar-refractivity contribution in [1.82, 2.24) is 5.32 Å². The van der Waals surface area contributed by atoms with Crippen LogP contribution in [0.2, 0.25) is 0 Å². The number of nitrogens with one attached hydrogen (secondary N) is 1. The smallest absolute Gasteiger partial charge is 0.407 e. The number of benzene rings is 1. The Morgan fingerprint density at radius 2 is 1.89 bits per heavy atom. The molecule has 0 spiro atoms. The van der Waals surface area contributed by atoms with Crippen LogP contribution in [0, 0.1) is 0 Å². The summed E-state index contributed by atoms with van der Waals surface area (Å²) in [4.78, 5) is 11.3. The molecule has 5 heteroatoms. The molecule has 0 aromatic heterocycles. The van der Waals surface area contributed by atoms with Gasteiger partial charge in [0.15, 0.2) is 6.29 Å². The molecule has 0 aliphatic rings. The number of ether oxygens (including phenoxy) is 1. The van der Waals surface area contributed by atoms with Gasteiger partial charge in [-0.05, 0) is 24.8 Å². The number of hydrogen-bond donors (Lipinski definition) is 3. The van der Waals surface area contributed by atoms with E-state index in [1.807, 2.05) is 30.3 Å². The highest BCUT2D eigenvalue weighted by molar-refractivity contribution is 5.67. The molecule has 1 rings (SSSR count). The minimum absolute atomic E-state index is 0.267. The van der Waals surface area contributed by atoms with Gasteiger partial charge in [0.2, 0.25) is 0 Å². The van der Waals surface area contributed by atoms with Crippen LogP contribution in [-0.4, -0.2) is 29.1 Å². The summed E-state index contributed by atoms with van der Waals surface area (Å²) < 4.78 is 5.04. The molecule has 19 heavy (non-hydrogen) atoms. The molecule has 0 aliphatic heterocycles. The number of unbranched alkanes of at least 4 members (excludes halogenated alkanes) is 2. The lowest BCUT2D eigenvalue weighted by Gasteiger charge is -2.07. The number of aliphatic hydroxyl groups is 2. The van der Waals surface area contributed by atoms with Gasteiger partial charge in [0.1, 0.15) is 6.61 Å². The van der Waals surface area contributed by atoms with Crippen molar-refractivity contribution in [2.24, 2.45) is 0 Å². The number of rotatable bonds is 8. The molecule has 3 N–H and O–H groups in total. The third kappa shape index (κ3) is 8.18. The van der Waals surface area contributed by atoms with Crippen molar-refractivity contribution < 1.29 is 19.7 Å². The monoisotopic (exact) mass is 267 g/mol. The van der Waals surface area contributed by atoms with Crippen molar-refractivity contribution in [2.45, 2.75) is 38.6 Å². The molecule has 0 fully saturated rings. The first-order valence-corrected chi connectivity index (χ1v) is 6.49. The molecule has 0 saturated carbocycles. The fourth-order valence-corrected chi connectivity index (χ4v) is 1.59. The van der Waals surface area contributed by atoms with Crippen LogP contribution in [0.1, 0.15) is 31.2 Å². The van der Waals surface area contributed by atoms with E-state index in [4.69, 9.17) is 14.9 Å². The zero-order chi connectivity index (χ0) is 13.9. The van der Waals surface area contributed by atoms with Crippen LogP contribution in [0.25, 0.3) is 0 Å². The number of carbonyl (C=O) groups is 1. The Hall–Kier alpha value is -1.59. The molecular weight excluding hydrogens is 246 g/mol. The summed E-state index contributed by atoms with van der Waals surface area (Å²) in [5, 5.41) is 19.9. The Morgan fingerprint density at radius 3 is 2.58 bits per heavy atom. The molecule has 0 unspecified atom stereocenters. The second-order valence-electron chi connectivity index (χ2n) is 4.32. The van der Waals surface area contributed by atoms with Crippen molar-refractivity contribution >= 4 is 6.09 Å². The molecule has 0 saturated heterocycles. The zero-order valence-corrected chi connectivity index (χ0v) is 10.9. The van der Waals surface area contributed by atoms with Crippen LogP contribution < -0.4 is 5.32 Å². The van der Waals surface area contributed by atoms with E-state index in [0.29, 0.717) is 13.0 Å². The largest absolute Gasteiger partial charge is 0.445 e. The standard InChI is InChI=1S/C14H21NO4/c16-13(17)9-5-2-6-10-15-14(18)19-11-12-7-3-1-4-8-12/h1,3-4,7-8,13,16-17H,2,5-6,9-11H2,(H,15,18). The molecule has 106 valence electrons. The number of amides is 1. The molecule has 5 nitrogen and oxygen atoms in total. The maximum Gasteiger partial charge on any atom is 0.407 e. The van der Waals surface area contributed by atoms with Crippen molar-refractivity contribution in [3.63, 3.8) is 0 Å². The minimum atomic E-state index is -1.23. The van der Waals surface area contributed by atoms with E-state index in [1.165, 1.54) is 0 Å². The van der Waals surface area contributed by atoms with Crippen molar-refractivity contribution in [2.75, 3.05) is 6.54 Å². The van der Waals surface area contributed by atoms with Gasteiger partial charge in [-0.3, -0.25) is 0 Å². The van der Waals surface area contributed by atoms with E-state index in [2.05, 4.69) is 5.32 Å². The minimum Gasteiger partial charge on any atom is -0.445 e. The lowest BCUT2D eigenvalue weighted by Crippen LogP contribution is -2.25. The number of hydrogen-bond acceptors (Lipinski definition) is 4. The average molecular weight is 267 g/mol. The van der Waals surface area contributed by atoms with Gasteiger partial charge in [-0.1, -0.05) is 36.8 Å². The number of carbonyl (C=O) groups excluding carboxylic acids is 1. The van der Waals surface area contributed by atoms with E-state index < -0.39 is 12.4 Å². The molecule has 1 aromatic carbocycles. The zero-order valence-electron chi connectivity index (χ0n) is 10.9. The third-order valence-corrected chi connectivity index (χ3v) is 2.62. The molecule has 0 radical (unpaired) electrons. The van der Waals surface area contributed by atoms with Crippen LogP contribution in [0.15, 0.2) is 30.3 Å². The van der Waals surface area contributed by atoms with E-state index in [-0.39, 0.29) is 6.61 Å². The first kappa shape index (κ1) is 15.5. The molecule has 1 amide bonds. The summed E-state index contributed by atoms with van der Waals surface area (Å²) in [5.74, 6) is 0. The number of alkyl carbamates (subject to hydrolysis) is 1. The van der Waals surface area contributed by atoms with Gasteiger partial charge in [-0.2, -0.15) is 0 Å². The normalized spacial score (nSPS) is 10.5. The van der Waals surface area contributed by atoms with Crippen molar-refractivity contribution in [3.05, 3.63) is 35.9 Å². The van der Waals surface area contributed by atoms with Gasteiger partial charge in [-0.15, -0.1) is 0 Å². The highest BCUT2D eigenvalue weighted by atomic mass is 16.5. The summed E-state index contributed by atoms with van der Waals surface area (Å²) in [6.07, 6.45) is 1.09. The fraction of sp³-hybridized carbons (Fsp3) is 0.500. The van der Waals surface area contributed by atoms with Crippen LogP contribution in [0.5, 0.6) is 0 Å². The molecule has 0 atom stereocenters. The second-order valence-corrected chi connectivity index (χ2v) is 4.32. The Bertz CT molecular complexity index is 354. The second kappa shape index (κ2) is 9.35. The quantitative estimate of drug-likeness (QED) is 0.495. The van der Waals surface area contributed by atoms with E-state index in [0.717, 1.165) is 24.8 Å². The molecule has 0 bridgehead atoms. The highest BCUT2D eigenvalue weighted by Gasteiger charge is 2.02. The fourth-order valence-electron chi connectivity index (χ4n) is 1.59. The van der Waals surface area contributed by atoms with Gasteiger partial charge in [0, 0.05) is 6.54 Å². The lowest BCUT2D eigenvalue weighted by molar-refractivity contribution is -0.0465. The Morgan fingerprint density at radius 1 is 1.16 bits per heavy atom. The molecule has 1 aromatic rings. The molecular formula is C14H21NO4. The van der Waals surface area contributed by atoms with Crippen molar-refractivity contribution in [1.29, 1.82) is 0 Å². The van der Waals surface area contributed by atoms with Crippen LogP contribution in [0.4, 0.5) is 4.79 Å². The van der Waals surface area contributed by atoms with E-state index in [9.17, 15) is 4.79 Å². The summed E-state index contributed by atoms with van der Waals surface area (Å²) in [6, 6.07) is 9.49. The van der Waals surface area contributed by atoms with Gasteiger partial charge in [0.05, 0.1) is 0 Å². The predicted molar refractivity (Wildman–Crippen MR) is 71.3 cm³/mol. The van der Waals surface area contributed by atoms with Gasteiger partial charge < -0.3 is 20.3 Å².